The molecule has 4 rings (SSSR count). The average molecular weight is 471 g/mol. The number of sulfonamides is 1. The second-order valence-electron chi connectivity index (χ2n) is 7.09. The first-order valence-corrected chi connectivity index (χ1v) is 12.2. The highest BCUT2D eigenvalue weighted by molar-refractivity contribution is 7.92. The lowest BCUT2D eigenvalue weighted by Gasteiger charge is -2.24. The van der Waals surface area contributed by atoms with Crippen LogP contribution in [0.2, 0.25) is 0 Å². The highest BCUT2D eigenvalue weighted by atomic mass is 32.2. The van der Waals surface area contributed by atoms with Gasteiger partial charge in [-0.1, -0.05) is 54.6 Å². The molecule has 0 heterocycles. The second-order valence-corrected chi connectivity index (χ2v) is 10.2. The maximum atomic E-state index is 13.2. The molecule has 0 radical (unpaired) electrons. The normalized spacial score (nSPS) is 13.4. The van der Waals surface area contributed by atoms with E-state index in [0.717, 1.165) is 0 Å². The van der Waals surface area contributed by atoms with Crippen LogP contribution in [0.15, 0.2) is 65.6 Å². The lowest BCUT2D eigenvalue weighted by molar-refractivity contribution is 0.0980. The van der Waals surface area contributed by atoms with Gasteiger partial charge in [0, 0.05) is 11.1 Å². The lowest BCUT2D eigenvalue weighted by atomic mass is 9.82. The van der Waals surface area contributed by atoms with Crippen LogP contribution >= 0.6 is 0 Å². The van der Waals surface area contributed by atoms with Crippen molar-refractivity contribution in [3.8, 4) is 0 Å². The summed E-state index contributed by atoms with van der Waals surface area (Å²) in [5.74, 6) is -2.01. The Kier molecular flexibility index (Phi) is 5.12. The minimum atomic E-state index is -5.20. The van der Waals surface area contributed by atoms with Crippen LogP contribution < -0.4 is 10.5 Å². The first-order valence-electron chi connectivity index (χ1n) is 9.15. The van der Waals surface area contributed by atoms with Gasteiger partial charge in [0.25, 0.3) is 0 Å². The van der Waals surface area contributed by atoms with E-state index in [1.807, 2.05) is 0 Å². The number of benzene rings is 3. The van der Waals surface area contributed by atoms with E-state index in [-0.39, 0.29) is 11.1 Å². The Morgan fingerprint density at radius 2 is 1.34 bits per heavy atom. The summed E-state index contributed by atoms with van der Waals surface area (Å²) in [4.78, 5) is 25.2. The molecule has 0 fully saturated rings. The molecule has 0 saturated carbocycles. The molecule has 0 spiro atoms. The largest absolute Gasteiger partial charge is 0.744 e. The summed E-state index contributed by atoms with van der Waals surface area (Å²) in [7, 11) is -9.36. The van der Waals surface area contributed by atoms with E-state index in [2.05, 4.69) is 4.72 Å². The Hall–Kier alpha value is -3.54. The Bertz CT molecular complexity index is 1500. The van der Waals surface area contributed by atoms with Crippen LogP contribution in [0.5, 0.6) is 0 Å². The van der Waals surface area contributed by atoms with Crippen LogP contribution in [0.1, 0.15) is 37.4 Å². The van der Waals surface area contributed by atoms with Crippen LogP contribution in [0.3, 0.4) is 0 Å². The van der Waals surface area contributed by atoms with E-state index in [4.69, 9.17) is 5.73 Å². The van der Waals surface area contributed by atoms with Gasteiger partial charge in [-0.05, 0) is 11.6 Å². The molecule has 0 aliphatic heterocycles. The smallest absolute Gasteiger partial charge is 0.236 e. The molecule has 11 heteroatoms. The van der Waals surface area contributed by atoms with Gasteiger partial charge in [0.1, 0.15) is 10.1 Å². The molecular weight excluding hydrogens is 456 g/mol. The summed E-state index contributed by atoms with van der Waals surface area (Å²) >= 11 is 0. The molecule has 1 aliphatic rings. The number of carbonyl (C=O) groups excluding carboxylic acids is 2. The fourth-order valence-electron chi connectivity index (χ4n) is 3.58. The lowest BCUT2D eigenvalue weighted by Crippen LogP contribution is -2.27. The summed E-state index contributed by atoms with van der Waals surface area (Å²) < 4.78 is 63.0. The number of anilines is 2. The molecule has 3 aromatic carbocycles. The van der Waals surface area contributed by atoms with Crippen molar-refractivity contribution in [3.05, 3.63) is 88.5 Å². The number of fused-ring (bicyclic) bond motifs is 2. The molecule has 9 nitrogen and oxygen atoms in total. The van der Waals surface area contributed by atoms with E-state index in [1.165, 1.54) is 24.3 Å². The van der Waals surface area contributed by atoms with Gasteiger partial charge in [0.05, 0.1) is 33.2 Å². The maximum absolute atomic E-state index is 13.2. The molecule has 1 aliphatic carbocycles. The summed E-state index contributed by atoms with van der Waals surface area (Å²) in [6.45, 7) is 0. The predicted octanol–water partition coefficient (Wildman–Crippen LogP) is 1.89. The topological polar surface area (TPSA) is 164 Å². The molecule has 0 amide bonds. The molecule has 164 valence electrons. The average Bonchev–Trinajstić information content (AvgIpc) is 2.72. The minimum Gasteiger partial charge on any atom is -0.744 e. The maximum Gasteiger partial charge on any atom is 0.236 e. The van der Waals surface area contributed by atoms with Gasteiger partial charge < -0.3 is 10.3 Å². The third-order valence-electron chi connectivity index (χ3n) is 4.93. The number of ketones is 2. The van der Waals surface area contributed by atoms with Crippen molar-refractivity contribution >= 4 is 43.1 Å². The molecule has 0 bridgehead atoms. The summed E-state index contributed by atoms with van der Waals surface area (Å²) in [6, 6.07) is 14.5. The van der Waals surface area contributed by atoms with Gasteiger partial charge in [-0.3, -0.25) is 14.3 Å². The van der Waals surface area contributed by atoms with Crippen LogP contribution in [0.25, 0.3) is 0 Å². The third-order valence-corrected chi connectivity index (χ3v) is 7.06. The predicted molar refractivity (Wildman–Crippen MR) is 115 cm³/mol. The summed E-state index contributed by atoms with van der Waals surface area (Å²) in [6.07, 6.45) is 0. The summed E-state index contributed by atoms with van der Waals surface area (Å²) in [5.41, 5.74) is 4.09. The molecule has 0 atom stereocenters. The molecule has 0 aromatic heterocycles. The van der Waals surface area contributed by atoms with Gasteiger partial charge in [0.2, 0.25) is 10.0 Å². The number of rotatable bonds is 5. The van der Waals surface area contributed by atoms with Crippen molar-refractivity contribution < 1.29 is 31.0 Å². The first-order chi connectivity index (χ1) is 15.0. The Labute approximate surface area is 183 Å². The standard InChI is InChI=1S/C21H16N2O7S2/c22-19-16(32(28,29)30)10-15(23-31(26,27)11-12-6-2-1-3-7-12)17-18(19)21(25)14-9-5-4-8-13(14)20(17)24/h1-10,23H,11,22H2,(H,28,29,30)/p-1. The fourth-order valence-corrected chi connectivity index (χ4v) is 5.41. The van der Waals surface area contributed by atoms with Crippen LogP contribution in [0, 0.1) is 0 Å². The SMILES string of the molecule is Nc1c(S(=O)(=O)[O-])cc(NS(=O)(=O)Cc2ccccc2)c2c1C(=O)c1ccccc1C2=O. The molecular formula is C21H15N2O7S2-. The van der Waals surface area contributed by atoms with Gasteiger partial charge in [0.15, 0.2) is 11.6 Å². The number of carbonyl (C=O) groups is 2. The Morgan fingerprint density at radius 1 is 0.812 bits per heavy atom. The van der Waals surface area contributed by atoms with E-state index in [0.29, 0.717) is 11.6 Å². The van der Waals surface area contributed by atoms with Gasteiger partial charge in [-0.25, -0.2) is 16.8 Å². The van der Waals surface area contributed by atoms with Gasteiger partial charge >= 0.3 is 0 Å². The monoisotopic (exact) mass is 471 g/mol. The highest BCUT2D eigenvalue weighted by Crippen LogP contribution is 2.39. The Balaban J connectivity index is 1.93. The molecule has 3 N–H and O–H groups in total. The van der Waals surface area contributed by atoms with E-state index in [9.17, 15) is 31.0 Å². The summed E-state index contributed by atoms with van der Waals surface area (Å²) in [5, 5.41) is 0. The zero-order valence-corrected chi connectivity index (χ0v) is 17.9. The van der Waals surface area contributed by atoms with Crippen molar-refractivity contribution in [1.82, 2.24) is 0 Å². The number of nitrogen functional groups attached to an aromatic ring is 1. The van der Waals surface area contributed by atoms with Crippen molar-refractivity contribution in [2.75, 3.05) is 10.5 Å². The minimum absolute atomic E-state index is 0.00522. The van der Waals surface area contributed by atoms with Crippen molar-refractivity contribution in [3.63, 3.8) is 0 Å². The Morgan fingerprint density at radius 3 is 1.91 bits per heavy atom. The van der Waals surface area contributed by atoms with E-state index in [1.54, 1.807) is 30.3 Å². The van der Waals surface area contributed by atoms with Crippen molar-refractivity contribution in [1.29, 1.82) is 0 Å². The molecule has 32 heavy (non-hydrogen) atoms. The first kappa shape index (κ1) is 21.7. The van der Waals surface area contributed by atoms with Gasteiger partial charge in [-0.2, -0.15) is 0 Å². The highest BCUT2D eigenvalue weighted by Gasteiger charge is 2.36. The van der Waals surface area contributed by atoms with E-state index >= 15 is 0 Å². The quantitative estimate of drug-likeness (QED) is 0.329. The number of nitrogens with one attached hydrogen (secondary N) is 1. The third kappa shape index (κ3) is 3.77. The zero-order valence-electron chi connectivity index (χ0n) is 16.2. The fraction of sp³-hybridized carbons (Fsp3) is 0.0476. The number of hydrogen-bond donors (Lipinski definition) is 2. The van der Waals surface area contributed by atoms with Crippen LogP contribution in [-0.4, -0.2) is 33.0 Å². The zero-order chi connectivity index (χ0) is 23.3. The molecule has 3 aromatic rings. The van der Waals surface area contributed by atoms with Crippen LogP contribution in [0.4, 0.5) is 11.4 Å². The van der Waals surface area contributed by atoms with Gasteiger partial charge in [-0.15, -0.1) is 0 Å². The number of nitrogens with two attached hydrogens (primary N) is 1. The van der Waals surface area contributed by atoms with Crippen molar-refractivity contribution in [2.24, 2.45) is 0 Å². The van der Waals surface area contributed by atoms with E-state index < -0.39 is 64.9 Å². The van der Waals surface area contributed by atoms with Crippen molar-refractivity contribution in [2.45, 2.75) is 10.6 Å². The molecule has 0 unspecified atom stereocenters. The second kappa shape index (κ2) is 7.55. The number of hydrogen-bond acceptors (Lipinski definition) is 8. The molecule has 0 saturated heterocycles. The van der Waals surface area contributed by atoms with Crippen LogP contribution in [-0.2, 0) is 25.9 Å².